The topological polar surface area (TPSA) is 201 Å². The maximum absolute atomic E-state index is 14.1. The molecule has 0 saturated carbocycles. The number of fused-ring (bicyclic) bond motifs is 5. The van der Waals surface area contributed by atoms with Crippen LogP contribution in [-0.4, -0.2) is 92.2 Å². The first-order valence-electron chi connectivity index (χ1n) is 16.7. The van der Waals surface area contributed by atoms with Gasteiger partial charge in [-0.25, -0.2) is 9.59 Å². The first kappa shape index (κ1) is 39.3. The number of benzene rings is 2. The van der Waals surface area contributed by atoms with E-state index >= 15 is 0 Å². The lowest BCUT2D eigenvalue weighted by Crippen LogP contribution is -2.63. The molecule has 3 aliphatic rings. The van der Waals surface area contributed by atoms with Gasteiger partial charge in [-0.15, -0.1) is 0 Å². The van der Waals surface area contributed by atoms with Gasteiger partial charge in [0.2, 0.25) is 5.91 Å². The van der Waals surface area contributed by atoms with Crippen LogP contribution in [0, 0.1) is 16.0 Å². The van der Waals surface area contributed by atoms with Gasteiger partial charge in [0.15, 0.2) is 5.72 Å². The number of ether oxygens (including phenoxy) is 6. The van der Waals surface area contributed by atoms with Crippen LogP contribution in [-0.2, 0) is 30.2 Å². The Labute approximate surface area is 311 Å². The summed E-state index contributed by atoms with van der Waals surface area (Å²) in [5.74, 6) is -0.578. The van der Waals surface area contributed by atoms with E-state index in [-0.39, 0.29) is 22.9 Å². The number of nitro benzene ring substituents is 1. The van der Waals surface area contributed by atoms with Crippen LogP contribution in [0.5, 0.6) is 11.5 Å². The molecule has 0 aliphatic carbocycles. The molecule has 17 heteroatoms. The van der Waals surface area contributed by atoms with Crippen molar-refractivity contribution in [3.8, 4) is 11.5 Å². The van der Waals surface area contributed by atoms with Gasteiger partial charge in [0.25, 0.3) is 5.69 Å². The van der Waals surface area contributed by atoms with Crippen molar-refractivity contribution in [3.63, 3.8) is 0 Å². The van der Waals surface area contributed by atoms with Crippen LogP contribution in [0.3, 0.4) is 0 Å². The Kier molecular flexibility index (Phi) is 11.6. The third-order valence-corrected chi connectivity index (χ3v) is 10.2. The Morgan fingerprint density at radius 1 is 1.19 bits per heavy atom. The Balaban J connectivity index is 1.54. The smallest absolute Gasteiger partial charge is 0.412 e. The molecular weight excluding hydrogens is 716 g/mol. The van der Waals surface area contributed by atoms with Gasteiger partial charge in [-0.05, 0) is 50.1 Å². The summed E-state index contributed by atoms with van der Waals surface area (Å²) in [4.78, 5) is 52.8. The fourth-order valence-corrected chi connectivity index (χ4v) is 7.08. The molecule has 2 aromatic rings. The average Bonchev–Trinajstić information content (AvgIpc) is 3.81. The van der Waals surface area contributed by atoms with Gasteiger partial charge >= 0.3 is 12.2 Å². The SMILES string of the molecule is COc1ccc(NC(=O)O[C@H]2CC(=O)N(C)c3cc(cc(OC)c3Cl)C/C(C)=C/C=C/[C@@H](OC)[C@@]3(O)C[C@H](OC(=O)N3)[C@@H](C)[C@@H]3O[C@@]23C)c([N+](=O)[O-])c1. The van der Waals surface area contributed by atoms with Gasteiger partial charge < -0.3 is 38.4 Å². The molecular formula is C36H43ClN4O12. The largest absolute Gasteiger partial charge is 0.496 e. The standard InChI is InChI=1S/C36H43ClN4O12/c1-19-9-8-10-28(50-7)36(45)18-27(51-34(44)39-36)20(2)32-35(3,53-32)29(52-33(43)38-23-12-11-22(48-5)16-24(23)41(46)47)17-30(42)40(4)25-14-21(13-19)15-26(49-6)31(25)37/h8-12,14-16,20,27-29,32,45H,13,17-18H2,1-7H3,(H,38,43)(H,39,44)/b10-8+,19-9+/t20-,27+,28-,29+,32+,35+,36+/m1/s1. The van der Waals surface area contributed by atoms with Crippen molar-refractivity contribution in [2.24, 2.45) is 5.92 Å². The van der Waals surface area contributed by atoms with Crippen molar-refractivity contribution < 1.29 is 52.8 Å². The van der Waals surface area contributed by atoms with Gasteiger partial charge in [-0.2, -0.15) is 0 Å². The maximum atomic E-state index is 14.1. The van der Waals surface area contributed by atoms with Crippen LogP contribution < -0.4 is 25.0 Å². The number of epoxide rings is 1. The number of carbonyl (C=O) groups excluding carboxylic acids is 3. The number of carbonyl (C=O) groups is 3. The van der Waals surface area contributed by atoms with E-state index in [1.54, 1.807) is 38.1 Å². The van der Waals surface area contributed by atoms with Gasteiger partial charge in [-0.3, -0.25) is 25.5 Å². The highest BCUT2D eigenvalue weighted by Crippen LogP contribution is 2.49. The van der Waals surface area contributed by atoms with Crippen molar-refractivity contribution in [1.82, 2.24) is 5.32 Å². The Hall–Kier alpha value is -4.90. The molecule has 5 rings (SSSR count). The number of alkyl carbamates (subject to hydrolysis) is 1. The minimum Gasteiger partial charge on any atom is -0.496 e. The van der Waals surface area contributed by atoms with Gasteiger partial charge in [-0.1, -0.05) is 42.3 Å². The number of hydrogen-bond acceptors (Lipinski definition) is 12. The molecule has 4 bridgehead atoms. The monoisotopic (exact) mass is 758 g/mol. The number of rotatable bonds is 6. The molecule has 0 spiro atoms. The highest BCUT2D eigenvalue weighted by molar-refractivity contribution is 6.35. The summed E-state index contributed by atoms with van der Waals surface area (Å²) < 4.78 is 33.9. The molecule has 0 aromatic heterocycles. The van der Waals surface area contributed by atoms with E-state index in [0.717, 1.165) is 17.2 Å². The molecule has 2 saturated heterocycles. The molecule has 286 valence electrons. The molecule has 0 radical (unpaired) electrons. The minimum absolute atomic E-state index is 0.0969. The summed E-state index contributed by atoms with van der Waals surface area (Å²) in [6.45, 7) is 5.28. The summed E-state index contributed by atoms with van der Waals surface area (Å²) in [7, 11) is 5.73. The number of nitrogens with zero attached hydrogens (tertiary/aromatic N) is 2. The van der Waals surface area contributed by atoms with Crippen LogP contribution in [0.25, 0.3) is 0 Å². The molecule has 7 atom stereocenters. The van der Waals surface area contributed by atoms with E-state index in [4.69, 9.17) is 40.0 Å². The van der Waals surface area contributed by atoms with Gasteiger partial charge in [0.1, 0.15) is 46.1 Å². The predicted octanol–water partition coefficient (Wildman–Crippen LogP) is 5.29. The first-order valence-corrected chi connectivity index (χ1v) is 17.1. The number of nitro groups is 1. The fourth-order valence-electron chi connectivity index (χ4n) is 6.77. The number of aliphatic hydroxyl groups is 1. The Morgan fingerprint density at radius 2 is 1.92 bits per heavy atom. The van der Waals surface area contributed by atoms with Crippen molar-refractivity contribution in [2.45, 2.75) is 75.8 Å². The van der Waals surface area contributed by atoms with E-state index in [0.29, 0.717) is 17.9 Å². The van der Waals surface area contributed by atoms with Crippen molar-refractivity contribution in [1.29, 1.82) is 0 Å². The summed E-state index contributed by atoms with van der Waals surface area (Å²) in [6.07, 6.45) is -0.772. The van der Waals surface area contributed by atoms with Crippen molar-refractivity contribution in [3.05, 3.63) is 74.8 Å². The average molecular weight is 759 g/mol. The lowest BCUT2D eigenvalue weighted by molar-refractivity contribution is -0.384. The highest BCUT2D eigenvalue weighted by Gasteiger charge is 2.64. The van der Waals surface area contributed by atoms with Crippen LogP contribution in [0.1, 0.15) is 39.2 Å². The van der Waals surface area contributed by atoms with E-state index in [2.05, 4.69) is 10.6 Å². The van der Waals surface area contributed by atoms with Crippen LogP contribution in [0.15, 0.2) is 54.1 Å². The Bertz CT molecular complexity index is 1840. The van der Waals surface area contributed by atoms with E-state index < -0.39 is 76.8 Å². The second-order valence-electron chi connectivity index (χ2n) is 13.5. The molecule has 2 fully saturated rings. The molecule has 3 heterocycles. The number of halogens is 1. The first-order chi connectivity index (χ1) is 25.0. The zero-order chi connectivity index (χ0) is 38.8. The molecule has 16 nitrogen and oxygen atoms in total. The molecule has 3 amide bonds. The second kappa shape index (κ2) is 15.6. The van der Waals surface area contributed by atoms with Crippen molar-refractivity contribution >= 4 is 46.8 Å². The third kappa shape index (κ3) is 8.35. The predicted molar refractivity (Wildman–Crippen MR) is 192 cm³/mol. The van der Waals surface area contributed by atoms with Crippen LogP contribution >= 0.6 is 11.6 Å². The minimum atomic E-state index is -1.87. The van der Waals surface area contributed by atoms with Crippen LogP contribution in [0.2, 0.25) is 5.02 Å². The second-order valence-corrected chi connectivity index (χ2v) is 13.8. The van der Waals surface area contributed by atoms with Crippen LogP contribution in [0.4, 0.5) is 26.7 Å². The lowest BCUT2D eigenvalue weighted by atomic mass is 9.83. The zero-order valence-corrected chi connectivity index (χ0v) is 31.1. The molecule has 3 N–H and O–H groups in total. The Morgan fingerprint density at radius 3 is 2.58 bits per heavy atom. The van der Waals surface area contributed by atoms with E-state index in [9.17, 15) is 29.6 Å². The normalized spacial score (nSPS) is 30.4. The van der Waals surface area contributed by atoms with Gasteiger partial charge in [0.05, 0.1) is 43.4 Å². The quantitative estimate of drug-likeness (QED) is 0.196. The summed E-state index contributed by atoms with van der Waals surface area (Å²) in [6, 6.07) is 7.37. The number of hydrogen-bond donors (Lipinski definition) is 3. The molecule has 3 aliphatic heterocycles. The van der Waals surface area contributed by atoms with E-state index in [1.165, 1.54) is 45.4 Å². The lowest BCUT2D eigenvalue weighted by Gasteiger charge is -2.42. The third-order valence-electron chi connectivity index (χ3n) is 9.84. The number of nitrogens with one attached hydrogen (secondary N) is 2. The summed E-state index contributed by atoms with van der Waals surface area (Å²) in [5.41, 5.74) is -1.80. The zero-order valence-electron chi connectivity index (χ0n) is 30.3. The van der Waals surface area contributed by atoms with Crippen molar-refractivity contribution in [2.75, 3.05) is 38.6 Å². The molecule has 53 heavy (non-hydrogen) atoms. The number of allylic oxidation sites excluding steroid dienone is 3. The number of amides is 3. The maximum Gasteiger partial charge on any atom is 0.412 e. The molecule has 2 aromatic carbocycles. The summed E-state index contributed by atoms with van der Waals surface area (Å²) >= 11 is 6.72. The molecule has 0 unspecified atom stereocenters. The van der Waals surface area contributed by atoms with Gasteiger partial charge in [0, 0.05) is 26.5 Å². The fraction of sp³-hybridized carbons (Fsp3) is 0.472. The summed E-state index contributed by atoms with van der Waals surface area (Å²) in [5, 5.41) is 28.5. The van der Waals surface area contributed by atoms with E-state index in [1.807, 2.05) is 13.0 Å². The number of methoxy groups -OCH3 is 3. The highest BCUT2D eigenvalue weighted by atomic mass is 35.5. The number of anilines is 2.